The molecule has 3 heteroatoms. The number of aromatic nitrogens is 2. The molecule has 0 aromatic carbocycles. The lowest BCUT2D eigenvalue weighted by Gasteiger charge is -2.43. The second-order valence-electron chi connectivity index (χ2n) is 3.90. The predicted molar refractivity (Wildman–Crippen MR) is 50.2 cm³/mol. The summed E-state index contributed by atoms with van der Waals surface area (Å²) in [5.74, 6) is 0.370. The number of nitrogens with zero attached hydrogens (tertiary/aromatic N) is 2. The third-order valence-electron chi connectivity index (χ3n) is 3.23. The van der Waals surface area contributed by atoms with Gasteiger partial charge in [0.15, 0.2) is 0 Å². The molecule has 3 nitrogen and oxygen atoms in total. The molecule has 2 atom stereocenters. The van der Waals surface area contributed by atoms with E-state index in [-0.39, 0.29) is 0 Å². The fourth-order valence-electron chi connectivity index (χ4n) is 2.04. The Labute approximate surface area is 78.4 Å². The van der Waals surface area contributed by atoms with Gasteiger partial charge >= 0.3 is 0 Å². The molecule has 72 valence electrons. The maximum Gasteiger partial charge on any atom is 0.109 e. The Bertz CT molecular complexity index is 308. The van der Waals surface area contributed by atoms with Crippen molar-refractivity contribution in [2.75, 3.05) is 0 Å². The summed E-state index contributed by atoms with van der Waals surface area (Å²) in [6.45, 7) is 4.97. The van der Waals surface area contributed by atoms with Crippen LogP contribution in [0.25, 0.3) is 0 Å². The fraction of sp³-hybridized carbons (Fsp3) is 0.700. The minimum absolute atomic E-state index is 0.370. The molecule has 1 fully saturated rings. The highest BCUT2D eigenvalue weighted by Gasteiger charge is 2.45. The van der Waals surface area contributed by atoms with Crippen LogP contribution in [-0.2, 0) is 12.1 Å². The average Bonchev–Trinajstić information content (AvgIpc) is 2.62. The van der Waals surface area contributed by atoms with Crippen molar-refractivity contribution in [1.29, 1.82) is 0 Å². The van der Waals surface area contributed by atoms with Crippen LogP contribution in [0.15, 0.2) is 12.3 Å². The molecule has 0 aliphatic heterocycles. The van der Waals surface area contributed by atoms with Crippen molar-refractivity contribution in [3.8, 4) is 0 Å². The Balaban J connectivity index is 2.34. The molecule has 1 aromatic heterocycles. The predicted octanol–water partition coefficient (Wildman–Crippen LogP) is 1.52. The Kier molecular flexibility index (Phi) is 1.91. The molecule has 1 aliphatic rings. The zero-order chi connectivity index (χ0) is 9.47. The third-order valence-corrected chi connectivity index (χ3v) is 3.23. The second-order valence-corrected chi connectivity index (χ2v) is 3.90. The molecule has 0 saturated heterocycles. The first kappa shape index (κ1) is 8.75. The molecule has 1 aliphatic carbocycles. The molecule has 2 rings (SSSR count). The van der Waals surface area contributed by atoms with Crippen LogP contribution >= 0.6 is 0 Å². The lowest BCUT2D eigenvalue weighted by Crippen LogP contribution is -2.44. The van der Waals surface area contributed by atoms with E-state index in [4.69, 9.17) is 0 Å². The maximum absolute atomic E-state index is 10.3. The van der Waals surface area contributed by atoms with Gasteiger partial charge in [-0.25, -0.2) is 0 Å². The lowest BCUT2D eigenvalue weighted by molar-refractivity contribution is -0.0994. The van der Waals surface area contributed by atoms with Crippen LogP contribution in [-0.4, -0.2) is 14.9 Å². The summed E-state index contributed by atoms with van der Waals surface area (Å²) in [5, 5.41) is 14.5. The van der Waals surface area contributed by atoms with Crippen molar-refractivity contribution in [1.82, 2.24) is 9.78 Å². The van der Waals surface area contributed by atoms with E-state index >= 15 is 0 Å². The van der Waals surface area contributed by atoms with Crippen LogP contribution in [0.4, 0.5) is 0 Å². The van der Waals surface area contributed by atoms with Gasteiger partial charge in [-0.3, -0.25) is 4.68 Å². The maximum atomic E-state index is 10.3. The Morgan fingerprint density at radius 3 is 3.00 bits per heavy atom. The second kappa shape index (κ2) is 2.84. The molecule has 0 bridgehead atoms. The first-order chi connectivity index (χ1) is 6.18. The molecular formula is C10H16N2O. The van der Waals surface area contributed by atoms with E-state index in [1.165, 1.54) is 0 Å². The largest absolute Gasteiger partial charge is 0.383 e. The minimum atomic E-state index is -0.605. The number of aliphatic hydroxyl groups is 1. The van der Waals surface area contributed by atoms with Crippen molar-refractivity contribution in [2.45, 2.75) is 38.8 Å². The number of hydrogen-bond donors (Lipinski definition) is 1. The number of hydrogen-bond acceptors (Lipinski definition) is 2. The summed E-state index contributed by atoms with van der Waals surface area (Å²) in [7, 11) is 0. The summed E-state index contributed by atoms with van der Waals surface area (Å²) in [6, 6.07) is 1.93. The zero-order valence-corrected chi connectivity index (χ0v) is 8.20. The van der Waals surface area contributed by atoms with Gasteiger partial charge in [-0.15, -0.1) is 0 Å². The highest BCUT2D eigenvalue weighted by Crippen LogP contribution is 2.45. The Morgan fingerprint density at radius 1 is 1.77 bits per heavy atom. The standard InChI is InChI=1S/C10H16N2O/c1-3-12-9(5-7-11-12)10(13)6-4-8(10)2/h5,7-8,13H,3-4,6H2,1-2H3. The van der Waals surface area contributed by atoms with Crippen molar-refractivity contribution in [2.24, 2.45) is 5.92 Å². The van der Waals surface area contributed by atoms with Crippen molar-refractivity contribution < 1.29 is 5.11 Å². The molecule has 1 heterocycles. The van der Waals surface area contributed by atoms with Crippen LogP contribution in [0, 0.1) is 5.92 Å². The third kappa shape index (κ3) is 1.10. The van der Waals surface area contributed by atoms with Gasteiger partial charge in [-0.2, -0.15) is 5.10 Å². The monoisotopic (exact) mass is 180 g/mol. The molecule has 2 unspecified atom stereocenters. The first-order valence-electron chi connectivity index (χ1n) is 4.93. The van der Waals surface area contributed by atoms with Gasteiger partial charge in [0, 0.05) is 12.7 Å². The van der Waals surface area contributed by atoms with Crippen LogP contribution in [0.3, 0.4) is 0 Å². The number of rotatable bonds is 2. The van der Waals surface area contributed by atoms with Gasteiger partial charge in [0.2, 0.25) is 0 Å². The van der Waals surface area contributed by atoms with Crippen LogP contribution in [0.2, 0.25) is 0 Å². The van der Waals surface area contributed by atoms with Crippen LogP contribution in [0.1, 0.15) is 32.4 Å². The molecule has 13 heavy (non-hydrogen) atoms. The summed E-state index contributed by atoms with van der Waals surface area (Å²) in [6.07, 6.45) is 3.76. The molecule has 0 amide bonds. The summed E-state index contributed by atoms with van der Waals surface area (Å²) >= 11 is 0. The van der Waals surface area contributed by atoms with Crippen molar-refractivity contribution in [3.05, 3.63) is 18.0 Å². The van der Waals surface area contributed by atoms with E-state index < -0.39 is 5.60 Å². The minimum Gasteiger partial charge on any atom is -0.383 e. The topological polar surface area (TPSA) is 38.0 Å². The average molecular weight is 180 g/mol. The van der Waals surface area contributed by atoms with Crippen LogP contribution < -0.4 is 0 Å². The smallest absolute Gasteiger partial charge is 0.109 e. The normalized spacial score (nSPS) is 33.0. The Hall–Kier alpha value is -0.830. The summed E-state index contributed by atoms with van der Waals surface area (Å²) < 4.78 is 1.88. The van der Waals surface area contributed by atoms with Gasteiger partial charge in [-0.1, -0.05) is 6.92 Å². The van der Waals surface area contributed by atoms with E-state index in [1.807, 2.05) is 17.7 Å². The molecular weight excluding hydrogens is 164 g/mol. The van der Waals surface area contributed by atoms with Crippen molar-refractivity contribution in [3.63, 3.8) is 0 Å². The fourth-order valence-corrected chi connectivity index (χ4v) is 2.04. The van der Waals surface area contributed by atoms with Gasteiger partial charge in [0.05, 0.1) is 5.69 Å². The van der Waals surface area contributed by atoms with Crippen LogP contribution in [0.5, 0.6) is 0 Å². The highest BCUT2D eigenvalue weighted by atomic mass is 16.3. The first-order valence-corrected chi connectivity index (χ1v) is 4.93. The van der Waals surface area contributed by atoms with Gasteiger partial charge in [-0.05, 0) is 31.7 Å². The molecule has 1 N–H and O–H groups in total. The van der Waals surface area contributed by atoms with E-state index in [9.17, 15) is 5.11 Å². The van der Waals surface area contributed by atoms with E-state index in [0.29, 0.717) is 5.92 Å². The van der Waals surface area contributed by atoms with Crippen molar-refractivity contribution >= 4 is 0 Å². The lowest BCUT2D eigenvalue weighted by atomic mass is 9.68. The highest BCUT2D eigenvalue weighted by molar-refractivity contribution is 5.17. The molecule has 0 spiro atoms. The summed E-state index contributed by atoms with van der Waals surface area (Å²) in [5.41, 5.74) is 0.376. The van der Waals surface area contributed by atoms with Gasteiger partial charge in [0.25, 0.3) is 0 Å². The SMILES string of the molecule is CCn1nccc1C1(O)CCC1C. The van der Waals surface area contributed by atoms with E-state index in [0.717, 1.165) is 25.1 Å². The molecule has 0 radical (unpaired) electrons. The van der Waals surface area contributed by atoms with Gasteiger partial charge < -0.3 is 5.11 Å². The molecule has 1 aromatic rings. The van der Waals surface area contributed by atoms with Gasteiger partial charge in [0.1, 0.15) is 5.60 Å². The van der Waals surface area contributed by atoms with E-state index in [1.54, 1.807) is 6.20 Å². The summed E-state index contributed by atoms with van der Waals surface area (Å²) in [4.78, 5) is 0. The number of aryl methyl sites for hydroxylation is 1. The van der Waals surface area contributed by atoms with E-state index in [2.05, 4.69) is 12.0 Å². The quantitative estimate of drug-likeness (QED) is 0.749. The Morgan fingerprint density at radius 2 is 2.54 bits per heavy atom. The molecule has 1 saturated carbocycles. The zero-order valence-electron chi connectivity index (χ0n) is 8.20.